The summed E-state index contributed by atoms with van der Waals surface area (Å²) < 4.78 is 22.2. The minimum absolute atomic E-state index is 0.0266. The Balaban J connectivity index is 1.65. The topological polar surface area (TPSA) is 83.1 Å². The predicted octanol–water partition coefficient (Wildman–Crippen LogP) is 4.93. The Labute approximate surface area is 212 Å². The second kappa shape index (κ2) is 10.5. The number of Topliss-reactive ketones (excluding diaryl/α,β-unsaturated/α-hetero) is 1. The van der Waals surface area contributed by atoms with E-state index >= 15 is 0 Å². The molecule has 190 valence electrons. The number of benzene rings is 2. The van der Waals surface area contributed by atoms with Gasteiger partial charge in [0.25, 0.3) is 0 Å². The summed E-state index contributed by atoms with van der Waals surface area (Å²) in [5.41, 5.74) is 3.15. The van der Waals surface area contributed by atoms with Gasteiger partial charge in [0.1, 0.15) is 19.0 Å². The molecule has 7 nitrogen and oxygen atoms in total. The zero-order valence-electron chi connectivity index (χ0n) is 21.5. The molecule has 0 bridgehead atoms. The van der Waals surface area contributed by atoms with Crippen molar-refractivity contribution in [2.45, 2.75) is 39.5 Å². The van der Waals surface area contributed by atoms with Crippen molar-refractivity contribution in [1.29, 1.82) is 0 Å². The van der Waals surface area contributed by atoms with E-state index in [9.17, 15) is 9.59 Å². The lowest BCUT2D eigenvalue weighted by molar-refractivity contribution is -0.140. The fourth-order valence-corrected chi connectivity index (χ4v) is 4.96. The molecule has 2 aromatic rings. The summed E-state index contributed by atoms with van der Waals surface area (Å²) in [6.07, 6.45) is 1.12. The lowest BCUT2D eigenvalue weighted by atomic mass is 9.68. The first-order valence-electron chi connectivity index (χ1n) is 12.0. The zero-order valence-corrected chi connectivity index (χ0v) is 21.5. The van der Waals surface area contributed by atoms with E-state index in [0.717, 1.165) is 11.3 Å². The van der Waals surface area contributed by atoms with E-state index < -0.39 is 11.9 Å². The molecule has 7 heteroatoms. The molecule has 1 atom stereocenters. The molecule has 0 saturated carbocycles. The van der Waals surface area contributed by atoms with Crippen molar-refractivity contribution in [3.05, 3.63) is 76.6 Å². The minimum atomic E-state index is -0.577. The number of hydrogen-bond acceptors (Lipinski definition) is 7. The molecule has 1 N–H and O–H groups in total. The van der Waals surface area contributed by atoms with Gasteiger partial charge in [-0.1, -0.05) is 38.1 Å². The minimum Gasteiger partial charge on any atom is -0.493 e. The van der Waals surface area contributed by atoms with Gasteiger partial charge in [-0.2, -0.15) is 0 Å². The number of ketones is 1. The summed E-state index contributed by atoms with van der Waals surface area (Å²) in [5.74, 6) is 0.771. The van der Waals surface area contributed by atoms with Gasteiger partial charge in [-0.05, 0) is 48.6 Å². The van der Waals surface area contributed by atoms with Crippen LogP contribution >= 0.6 is 0 Å². The van der Waals surface area contributed by atoms with Gasteiger partial charge in [0.05, 0.1) is 19.8 Å². The highest BCUT2D eigenvalue weighted by molar-refractivity contribution is 6.04. The Kier molecular flexibility index (Phi) is 7.38. The molecule has 36 heavy (non-hydrogen) atoms. The van der Waals surface area contributed by atoms with Gasteiger partial charge < -0.3 is 24.3 Å². The van der Waals surface area contributed by atoms with Crippen molar-refractivity contribution in [2.75, 3.05) is 27.4 Å². The van der Waals surface area contributed by atoms with Crippen LogP contribution in [0.1, 0.15) is 45.1 Å². The van der Waals surface area contributed by atoms with E-state index in [2.05, 4.69) is 19.2 Å². The average molecular weight is 492 g/mol. The van der Waals surface area contributed by atoms with E-state index in [1.54, 1.807) is 20.3 Å². The van der Waals surface area contributed by atoms with Crippen LogP contribution in [0.25, 0.3) is 0 Å². The second-order valence-corrected chi connectivity index (χ2v) is 9.84. The molecule has 1 aliphatic carbocycles. The van der Waals surface area contributed by atoms with E-state index in [-0.39, 0.29) is 24.4 Å². The fraction of sp³-hybridized carbons (Fsp3) is 0.379. The Morgan fingerprint density at radius 3 is 2.42 bits per heavy atom. The van der Waals surface area contributed by atoms with Crippen LogP contribution in [0.3, 0.4) is 0 Å². The molecule has 0 unspecified atom stereocenters. The van der Waals surface area contributed by atoms with Gasteiger partial charge in [-0.3, -0.25) is 4.79 Å². The van der Waals surface area contributed by atoms with Gasteiger partial charge >= 0.3 is 5.97 Å². The zero-order chi connectivity index (χ0) is 25.9. The molecule has 0 amide bonds. The van der Waals surface area contributed by atoms with Crippen LogP contribution in [0.4, 0.5) is 0 Å². The summed E-state index contributed by atoms with van der Waals surface area (Å²) in [4.78, 5) is 26.9. The third kappa shape index (κ3) is 5.25. The number of nitrogens with one attached hydrogen (secondary N) is 1. The Bertz CT molecular complexity index is 1210. The van der Waals surface area contributed by atoms with Crippen LogP contribution in [0, 0.1) is 5.41 Å². The second-order valence-electron chi connectivity index (χ2n) is 9.84. The van der Waals surface area contributed by atoms with Crippen LogP contribution in [-0.4, -0.2) is 39.2 Å². The van der Waals surface area contributed by atoms with Gasteiger partial charge in [0, 0.05) is 29.3 Å². The summed E-state index contributed by atoms with van der Waals surface area (Å²) in [7, 11) is 3.13. The van der Waals surface area contributed by atoms with Crippen LogP contribution < -0.4 is 19.5 Å². The molecule has 4 rings (SSSR count). The number of allylic oxidation sites excluding steroid dienone is 3. The monoisotopic (exact) mass is 491 g/mol. The third-order valence-corrected chi connectivity index (χ3v) is 6.53. The van der Waals surface area contributed by atoms with Crippen LogP contribution in [0.15, 0.2) is 71.1 Å². The van der Waals surface area contributed by atoms with Gasteiger partial charge in [-0.25, -0.2) is 4.79 Å². The highest BCUT2D eigenvalue weighted by Crippen LogP contribution is 2.47. The van der Waals surface area contributed by atoms with Crippen molar-refractivity contribution in [3.8, 4) is 17.2 Å². The number of methoxy groups -OCH3 is 2. The largest absolute Gasteiger partial charge is 0.493 e. The normalized spacial score (nSPS) is 18.8. The first-order valence-corrected chi connectivity index (χ1v) is 12.0. The smallest absolute Gasteiger partial charge is 0.336 e. The van der Waals surface area contributed by atoms with E-state index in [1.165, 1.54) is 0 Å². The van der Waals surface area contributed by atoms with Crippen molar-refractivity contribution in [1.82, 2.24) is 5.32 Å². The van der Waals surface area contributed by atoms with Crippen molar-refractivity contribution in [2.24, 2.45) is 5.41 Å². The van der Waals surface area contributed by atoms with Gasteiger partial charge in [-0.15, -0.1) is 0 Å². The molecule has 2 aromatic carbocycles. The number of para-hydroxylation sites is 1. The number of rotatable bonds is 8. The first kappa shape index (κ1) is 25.4. The molecule has 0 radical (unpaired) electrons. The van der Waals surface area contributed by atoms with Gasteiger partial charge in [0.2, 0.25) is 0 Å². The summed E-state index contributed by atoms with van der Waals surface area (Å²) >= 11 is 0. The average Bonchev–Trinajstić information content (AvgIpc) is 2.85. The number of dihydropyridines is 1. The molecular weight excluding hydrogens is 458 g/mol. The Hall–Kier alpha value is -3.74. The molecule has 0 fully saturated rings. The van der Waals surface area contributed by atoms with Crippen molar-refractivity contribution < 1.29 is 28.5 Å². The lowest BCUT2D eigenvalue weighted by Crippen LogP contribution is -2.38. The molecule has 0 spiro atoms. The molecule has 1 aliphatic heterocycles. The summed E-state index contributed by atoms with van der Waals surface area (Å²) in [6, 6.07) is 14.8. The van der Waals surface area contributed by atoms with Gasteiger partial charge in [0.15, 0.2) is 17.3 Å². The lowest BCUT2D eigenvalue weighted by Gasteiger charge is -2.39. The van der Waals surface area contributed by atoms with Crippen LogP contribution in [-0.2, 0) is 14.3 Å². The molecular formula is C29H33NO6. The predicted molar refractivity (Wildman–Crippen MR) is 136 cm³/mol. The van der Waals surface area contributed by atoms with Crippen molar-refractivity contribution in [3.63, 3.8) is 0 Å². The third-order valence-electron chi connectivity index (χ3n) is 6.53. The fourth-order valence-electron chi connectivity index (χ4n) is 4.96. The molecule has 2 aliphatic rings. The highest BCUT2D eigenvalue weighted by atomic mass is 16.6. The Morgan fingerprint density at radius 1 is 1.00 bits per heavy atom. The maximum atomic E-state index is 13.4. The summed E-state index contributed by atoms with van der Waals surface area (Å²) in [5, 5.41) is 3.35. The molecule has 0 saturated heterocycles. The maximum absolute atomic E-state index is 13.4. The highest BCUT2D eigenvalue weighted by Gasteiger charge is 2.43. The van der Waals surface area contributed by atoms with Crippen LogP contribution in [0.5, 0.6) is 17.2 Å². The number of carbonyl (C=O) groups is 2. The van der Waals surface area contributed by atoms with Crippen LogP contribution in [0.2, 0.25) is 0 Å². The van der Waals surface area contributed by atoms with E-state index in [1.807, 2.05) is 49.4 Å². The molecule has 0 aromatic heterocycles. The SMILES string of the molecule is COc1ccc([C@@H]2C(C(=O)OCCOc3ccccc3)=C(C)NC3=C2C(=O)CC(C)(C)C3)cc1OC. The van der Waals surface area contributed by atoms with E-state index in [0.29, 0.717) is 46.9 Å². The van der Waals surface area contributed by atoms with Crippen molar-refractivity contribution >= 4 is 11.8 Å². The van der Waals surface area contributed by atoms with E-state index in [4.69, 9.17) is 18.9 Å². The summed E-state index contributed by atoms with van der Waals surface area (Å²) in [6.45, 7) is 6.31. The first-order chi connectivity index (χ1) is 17.2. The standard InChI is InChI=1S/C29H33NO6/c1-18-25(28(32)36-14-13-35-20-9-7-6-8-10-20)26(19-11-12-23(33-4)24(15-19)34-5)27-21(30-18)16-29(2,3)17-22(27)31/h6-12,15,26,30H,13-14,16-17H2,1-5H3/t26-/m1/s1. The molecule has 1 heterocycles. The quantitative estimate of drug-likeness (QED) is 0.414. The number of carbonyl (C=O) groups excluding carboxylic acids is 2. The number of esters is 1. The number of hydrogen-bond donors (Lipinski definition) is 1. The maximum Gasteiger partial charge on any atom is 0.336 e. The number of ether oxygens (including phenoxy) is 4. The Morgan fingerprint density at radius 2 is 1.72 bits per heavy atom.